The molecule has 1 fully saturated rings. The Morgan fingerprint density at radius 3 is 2.30 bits per heavy atom. The summed E-state index contributed by atoms with van der Waals surface area (Å²) in [7, 11) is -3.85. The highest BCUT2D eigenvalue weighted by atomic mass is 32.2. The Morgan fingerprint density at radius 2 is 1.68 bits per heavy atom. The van der Waals surface area contributed by atoms with Gasteiger partial charge in [-0.25, -0.2) is 8.42 Å². The van der Waals surface area contributed by atoms with Crippen molar-refractivity contribution in [3.63, 3.8) is 0 Å². The quantitative estimate of drug-likeness (QED) is 0.450. The van der Waals surface area contributed by atoms with Gasteiger partial charge in [0, 0.05) is 18.2 Å². The molecular weight excluding hydrogens is 490 g/mol. The number of sulfonamides is 1. The number of nitrogens with zero attached hydrogens (tertiary/aromatic N) is 2. The number of ketones is 1. The van der Waals surface area contributed by atoms with Crippen LogP contribution in [0.1, 0.15) is 61.9 Å². The van der Waals surface area contributed by atoms with Gasteiger partial charge in [-0.3, -0.25) is 18.7 Å². The first-order valence-corrected chi connectivity index (χ1v) is 14.6. The van der Waals surface area contributed by atoms with Gasteiger partial charge in [0.15, 0.2) is 5.78 Å². The van der Waals surface area contributed by atoms with Crippen LogP contribution in [0.25, 0.3) is 0 Å². The predicted molar refractivity (Wildman–Crippen MR) is 145 cm³/mol. The number of benzene rings is 2. The predicted octanol–water partition coefficient (Wildman–Crippen LogP) is 3.56. The normalized spacial score (nSPS) is 15.0. The molecule has 3 rings (SSSR count). The Kier molecular flexibility index (Phi) is 9.86. The van der Waals surface area contributed by atoms with Crippen molar-refractivity contribution in [3.8, 4) is 0 Å². The van der Waals surface area contributed by atoms with E-state index in [4.69, 9.17) is 0 Å². The maximum Gasteiger partial charge on any atom is 0.244 e. The average Bonchev–Trinajstić information content (AvgIpc) is 2.87. The van der Waals surface area contributed by atoms with Crippen LogP contribution in [0.2, 0.25) is 0 Å². The number of hydrogen-bond donors (Lipinski definition) is 1. The molecule has 37 heavy (non-hydrogen) atoms. The fourth-order valence-electron chi connectivity index (χ4n) is 4.63. The fraction of sp³-hybridized carbons (Fsp3) is 0.464. The summed E-state index contributed by atoms with van der Waals surface area (Å²) in [5.41, 5.74) is 1.58. The molecule has 9 heteroatoms. The smallest absolute Gasteiger partial charge is 0.244 e. The second-order valence-electron chi connectivity index (χ2n) is 9.72. The lowest BCUT2D eigenvalue weighted by atomic mass is 9.95. The van der Waals surface area contributed by atoms with Crippen LogP contribution in [-0.4, -0.2) is 62.3 Å². The minimum absolute atomic E-state index is 0.0941. The van der Waals surface area contributed by atoms with Crippen molar-refractivity contribution in [3.05, 3.63) is 65.7 Å². The third-order valence-corrected chi connectivity index (χ3v) is 7.96. The number of carbonyl (C=O) groups excluding carboxylic acids is 3. The number of rotatable bonds is 11. The molecule has 2 amide bonds. The van der Waals surface area contributed by atoms with Crippen molar-refractivity contribution in [1.29, 1.82) is 0 Å². The molecule has 0 bridgehead atoms. The third-order valence-electron chi connectivity index (χ3n) is 6.82. The highest BCUT2D eigenvalue weighted by molar-refractivity contribution is 7.92. The van der Waals surface area contributed by atoms with Crippen molar-refractivity contribution in [2.75, 3.05) is 23.7 Å². The van der Waals surface area contributed by atoms with Gasteiger partial charge < -0.3 is 10.2 Å². The van der Waals surface area contributed by atoms with Gasteiger partial charge in [-0.05, 0) is 50.8 Å². The van der Waals surface area contributed by atoms with Gasteiger partial charge in [0.25, 0.3) is 0 Å². The summed E-state index contributed by atoms with van der Waals surface area (Å²) in [6.45, 7) is 2.86. The van der Waals surface area contributed by atoms with Gasteiger partial charge in [-0.15, -0.1) is 0 Å². The maximum atomic E-state index is 13.6. The number of hydrogen-bond acceptors (Lipinski definition) is 5. The van der Waals surface area contributed by atoms with E-state index in [0.717, 1.165) is 48.2 Å². The summed E-state index contributed by atoms with van der Waals surface area (Å²) in [6.07, 6.45) is 6.68. The van der Waals surface area contributed by atoms with Crippen LogP contribution in [0.4, 0.5) is 5.69 Å². The van der Waals surface area contributed by atoms with E-state index in [9.17, 15) is 22.8 Å². The Hall–Kier alpha value is -3.20. The molecule has 1 atom stereocenters. The van der Waals surface area contributed by atoms with Gasteiger partial charge in [-0.1, -0.05) is 61.7 Å². The number of amides is 2. The van der Waals surface area contributed by atoms with E-state index in [2.05, 4.69) is 5.32 Å². The van der Waals surface area contributed by atoms with E-state index in [1.54, 1.807) is 25.1 Å². The highest BCUT2D eigenvalue weighted by Crippen LogP contribution is 2.21. The number of Topliss-reactive ketones (excluding diaryl/α,β-unsaturated/α-hetero) is 1. The summed E-state index contributed by atoms with van der Waals surface area (Å²) in [4.78, 5) is 40.1. The molecule has 0 aliphatic heterocycles. The van der Waals surface area contributed by atoms with Gasteiger partial charge in [0.2, 0.25) is 21.8 Å². The first-order valence-electron chi connectivity index (χ1n) is 12.8. The summed E-state index contributed by atoms with van der Waals surface area (Å²) >= 11 is 0. The van der Waals surface area contributed by atoms with Crippen LogP contribution in [0.5, 0.6) is 0 Å². The number of nitrogens with one attached hydrogen (secondary N) is 1. The molecule has 0 radical (unpaired) electrons. The minimum atomic E-state index is -3.85. The molecule has 1 aliphatic rings. The molecule has 0 saturated heterocycles. The van der Waals surface area contributed by atoms with Crippen LogP contribution in [0.15, 0.2) is 54.6 Å². The number of anilines is 1. The molecular formula is C28H37N3O5S. The largest absolute Gasteiger partial charge is 0.352 e. The Labute approximate surface area is 220 Å². The zero-order valence-electron chi connectivity index (χ0n) is 21.9. The molecule has 0 aromatic heterocycles. The van der Waals surface area contributed by atoms with E-state index >= 15 is 0 Å². The summed E-state index contributed by atoms with van der Waals surface area (Å²) < 4.78 is 26.4. The summed E-state index contributed by atoms with van der Waals surface area (Å²) in [6, 6.07) is 15.1. The molecule has 2 aromatic carbocycles. The van der Waals surface area contributed by atoms with Gasteiger partial charge in [0.05, 0.1) is 11.9 Å². The molecule has 1 N–H and O–H groups in total. The lowest BCUT2D eigenvalue weighted by Crippen LogP contribution is -2.53. The SMILES string of the molecule is CC(=O)c1cccc(N(CC(=O)N(CCc2ccccc2)[C@@H](C)C(=O)NC2CCCCC2)S(C)(=O)=O)c1. The molecule has 0 heterocycles. The van der Waals surface area contributed by atoms with Gasteiger partial charge in [0.1, 0.15) is 12.6 Å². The summed E-state index contributed by atoms with van der Waals surface area (Å²) in [5, 5.41) is 3.09. The molecule has 8 nitrogen and oxygen atoms in total. The van der Waals surface area contributed by atoms with Crippen molar-refractivity contribution < 1.29 is 22.8 Å². The molecule has 0 spiro atoms. The second kappa shape index (κ2) is 12.9. The number of carbonyl (C=O) groups is 3. The highest BCUT2D eigenvalue weighted by Gasteiger charge is 2.31. The minimum Gasteiger partial charge on any atom is -0.352 e. The fourth-order valence-corrected chi connectivity index (χ4v) is 5.47. The first kappa shape index (κ1) is 28.4. The Bertz CT molecular complexity index is 1190. The zero-order chi connectivity index (χ0) is 27.0. The molecule has 1 aliphatic carbocycles. The van der Waals surface area contributed by atoms with E-state index in [0.29, 0.717) is 12.0 Å². The maximum absolute atomic E-state index is 13.6. The van der Waals surface area contributed by atoms with Crippen LogP contribution in [0, 0.1) is 0 Å². The van der Waals surface area contributed by atoms with Crippen LogP contribution >= 0.6 is 0 Å². The molecule has 200 valence electrons. The van der Waals surface area contributed by atoms with Crippen molar-refractivity contribution in [1.82, 2.24) is 10.2 Å². The van der Waals surface area contributed by atoms with Crippen LogP contribution < -0.4 is 9.62 Å². The van der Waals surface area contributed by atoms with Crippen LogP contribution in [-0.2, 0) is 26.0 Å². The van der Waals surface area contributed by atoms with Gasteiger partial charge in [-0.2, -0.15) is 0 Å². The van der Waals surface area contributed by atoms with Gasteiger partial charge >= 0.3 is 0 Å². The molecule has 1 saturated carbocycles. The van der Waals surface area contributed by atoms with Crippen LogP contribution in [0.3, 0.4) is 0 Å². The van der Waals surface area contributed by atoms with E-state index < -0.39 is 28.5 Å². The first-order chi connectivity index (χ1) is 17.6. The van der Waals surface area contributed by atoms with Crippen molar-refractivity contribution in [2.24, 2.45) is 0 Å². The van der Waals surface area contributed by atoms with E-state index in [-0.39, 0.29) is 30.0 Å². The Balaban J connectivity index is 1.84. The standard InChI is InChI=1S/C28H37N3O5S/c1-21(28(34)29-25-14-8-5-9-15-25)30(18-17-23-11-6-4-7-12-23)27(33)20-31(37(3,35)36)26-16-10-13-24(19-26)22(2)32/h4,6-7,10-13,16,19,21,25H,5,8-9,14-15,17-18,20H2,1-3H3,(H,29,34)/t21-/m0/s1. The average molecular weight is 528 g/mol. The van der Waals surface area contributed by atoms with Crippen molar-refractivity contribution in [2.45, 2.75) is 64.5 Å². The second-order valence-corrected chi connectivity index (χ2v) is 11.6. The zero-order valence-corrected chi connectivity index (χ0v) is 22.7. The lowest BCUT2D eigenvalue weighted by molar-refractivity contribution is -0.139. The lowest BCUT2D eigenvalue weighted by Gasteiger charge is -2.33. The molecule has 0 unspecified atom stereocenters. The summed E-state index contributed by atoms with van der Waals surface area (Å²) in [5.74, 6) is -0.933. The Morgan fingerprint density at radius 1 is 1.00 bits per heavy atom. The molecule has 2 aromatic rings. The topological polar surface area (TPSA) is 104 Å². The monoisotopic (exact) mass is 527 g/mol. The van der Waals surface area contributed by atoms with E-state index in [1.807, 2.05) is 30.3 Å². The van der Waals surface area contributed by atoms with E-state index in [1.165, 1.54) is 17.9 Å². The third kappa shape index (κ3) is 8.15. The van der Waals surface area contributed by atoms with Crippen molar-refractivity contribution >= 4 is 33.3 Å².